The van der Waals surface area contributed by atoms with Gasteiger partial charge < -0.3 is 9.32 Å². The first kappa shape index (κ1) is 37.8. The lowest BCUT2D eigenvalue weighted by molar-refractivity contribution is 0.445. The van der Waals surface area contributed by atoms with E-state index in [2.05, 4.69) is 213 Å². The summed E-state index contributed by atoms with van der Waals surface area (Å²) >= 11 is 0. The first-order valence-electron chi connectivity index (χ1n) is 23.1. The first-order chi connectivity index (χ1) is 31.1. The van der Waals surface area contributed by atoms with Crippen molar-refractivity contribution in [2.75, 3.05) is 4.90 Å². The summed E-state index contributed by atoms with van der Waals surface area (Å²) in [6.07, 6.45) is 13.8. The van der Waals surface area contributed by atoms with E-state index in [0.29, 0.717) is 5.92 Å². The fraction of sp³-hybridized carbons (Fsp3) is 0.180. The molecular weight excluding hydrogens is 763 g/mol. The fourth-order valence-corrected chi connectivity index (χ4v) is 11.8. The molecule has 8 aromatic carbocycles. The topological polar surface area (TPSA) is 16.4 Å². The lowest BCUT2D eigenvalue weighted by Gasteiger charge is -2.39. The number of hydrogen-bond donors (Lipinski definition) is 0. The van der Waals surface area contributed by atoms with Crippen LogP contribution in [0.25, 0.3) is 60.5 Å². The summed E-state index contributed by atoms with van der Waals surface area (Å²) in [5.41, 5.74) is 17.2. The standard InChI is InChI=1S/C61H51NO/c1-40-39-43(46-29-17-36-57-59(46)50-27-11-14-35-56(50)63-57)37-38-53(40)62(55-34-18-32-52-60(55)49-26-9-12-31-51(49)61(52,2)44-23-7-4-8-24-44)54-33-13-10-25-47(54)48-30-16-22-42-21-15-28-45(58(42)48)41-19-5-3-6-20-41/h4,7-18,21-41,53H,3,5-6,19-20H2,1-2H3. The van der Waals surface area contributed by atoms with E-state index < -0.39 is 0 Å². The summed E-state index contributed by atoms with van der Waals surface area (Å²) in [5, 5.41) is 5.07. The zero-order chi connectivity index (χ0) is 42.1. The molecule has 0 aliphatic heterocycles. The molecule has 9 aromatic rings. The Morgan fingerprint density at radius 2 is 1.19 bits per heavy atom. The van der Waals surface area contributed by atoms with Gasteiger partial charge in [0.2, 0.25) is 0 Å². The Morgan fingerprint density at radius 1 is 0.540 bits per heavy atom. The second-order valence-electron chi connectivity index (χ2n) is 18.3. The van der Waals surface area contributed by atoms with Crippen molar-refractivity contribution in [3.8, 4) is 22.3 Å². The maximum Gasteiger partial charge on any atom is 0.136 e. The molecule has 306 valence electrons. The van der Waals surface area contributed by atoms with E-state index in [0.717, 1.165) is 16.6 Å². The molecule has 1 heterocycles. The third-order valence-electron chi connectivity index (χ3n) is 14.8. The number of fused-ring (bicyclic) bond motifs is 7. The van der Waals surface area contributed by atoms with Gasteiger partial charge in [0.1, 0.15) is 11.2 Å². The minimum atomic E-state index is -0.313. The van der Waals surface area contributed by atoms with Crippen molar-refractivity contribution in [3.05, 3.63) is 222 Å². The number of rotatable bonds is 7. The van der Waals surface area contributed by atoms with Crippen LogP contribution in [-0.4, -0.2) is 6.04 Å². The monoisotopic (exact) mass is 813 g/mol. The molecule has 2 heteroatoms. The van der Waals surface area contributed by atoms with Gasteiger partial charge in [0.05, 0.1) is 6.04 Å². The van der Waals surface area contributed by atoms with Gasteiger partial charge in [-0.05, 0) is 111 Å². The molecule has 3 atom stereocenters. The number of hydrogen-bond acceptors (Lipinski definition) is 2. The van der Waals surface area contributed by atoms with E-state index >= 15 is 0 Å². The summed E-state index contributed by atoms with van der Waals surface area (Å²) in [4.78, 5) is 2.70. The van der Waals surface area contributed by atoms with Crippen molar-refractivity contribution < 1.29 is 4.42 Å². The van der Waals surface area contributed by atoms with E-state index in [9.17, 15) is 0 Å². The highest BCUT2D eigenvalue weighted by Crippen LogP contribution is 2.57. The SMILES string of the molecule is CC1C=C(c2cccc3oc4ccccc4c23)C=CC1N(c1ccccc1-c1cccc2cccc(C3CCCCC3)c12)c1cccc2c1-c1ccccc1C2(C)c1ccccc1. The van der Waals surface area contributed by atoms with Gasteiger partial charge in [-0.2, -0.15) is 0 Å². The van der Waals surface area contributed by atoms with Gasteiger partial charge in [0, 0.05) is 38.7 Å². The van der Waals surface area contributed by atoms with E-state index in [1.807, 2.05) is 0 Å². The summed E-state index contributed by atoms with van der Waals surface area (Å²) in [5.74, 6) is 0.739. The van der Waals surface area contributed by atoms with Gasteiger partial charge >= 0.3 is 0 Å². The van der Waals surface area contributed by atoms with E-state index in [1.165, 1.54) is 115 Å². The highest BCUT2D eigenvalue weighted by atomic mass is 16.3. The number of para-hydroxylation sites is 2. The average Bonchev–Trinajstić information content (AvgIpc) is 3.86. The van der Waals surface area contributed by atoms with Crippen molar-refractivity contribution in [1.82, 2.24) is 0 Å². The third-order valence-corrected chi connectivity index (χ3v) is 14.8. The van der Waals surface area contributed by atoms with Crippen LogP contribution < -0.4 is 4.90 Å². The van der Waals surface area contributed by atoms with E-state index in [4.69, 9.17) is 4.42 Å². The zero-order valence-electron chi connectivity index (χ0n) is 36.1. The van der Waals surface area contributed by atoms with Crippen LogP contribution in [0.3, 0.4) is 0 Å². The van der Waals surface area contributed by atoms with Crippen LogP contribution in [0.4, 0.5) is 11.4 Å². The number of nitrogens with zero attached hydrogens (tertiary/aromatic N) is 1. The molecule has 0 radical (unpaired) electrons. The first-order valence-corrected chi connectivity index (χ1v) is 23.1. The molecule has 0 spiro atoms. The van der Waals surface area contributed by atoms with Gasteiger partial charge in [-0.1, -0.05) is 196 Å². The smallest absolute Gasteiger partial charge is 0.136 e. The van der Waals surface area contributed by atoms with Crippen LogP contribution in [0.15, 0.2) is 199 Å². The number of allylic oxidation sites excluding steroid dienone is 2. The van der Waals surface area contributed by atoms with E-state index in [1.54, 1.807) is 0 Å². The summed E-state index contributed by atoms with van der Waals surface area (Å²) in [6.45, 7) is 4.83. The largest absolute Gasteiger partial charge is 0.456 e. The van der Waals surface area contributed by atoms with Crippen molar-refractivity contribution in [1.29, 1.82) is 0 Å². The molecule has 1 fully saturated rings. The van der Waals surface area contributed by atoms with Crippen LogP contribution >= 0.6 is 0 Å². The second kappa shape index (κ2) is 15.2. The number of benzene rings is 8. The van der Waals surface area contributed by atoms with Crippen molar-refractivity contribution in [2.24, 2.45) is 5.92 Å². The van der Waals surface area contributed by atoms with Crippen molar-refractivity contribution in [2.45, 2.75) is 63.3 Å². The minimum absolute atomic E-state index is 0.0187. The predicted octanol–water partition coefficient (Wildman–Crippen LogP) is 16.6. The van der Waals surface area contributed by atoms with Gasteiger partial charge in [-0.3, -0.25) is 0 Å². The van der Waals surface area contributed by atoms with Gasteiger partial charge in [0.15, 0.2) is 0 Å². The van der Waals surface area contributed by atoms with Crippen molar-refractivity contribution >= 4 is 49.7 Å². The molecule has 0 amide bonds. The van der Waals surface area contributed by atoms with Gasteiger partial charge in [-0.15, -0.1) is 0 Å². The molecule has 0 bridgehead atoms. The Bertz CT molecular complexity index is 3260. The predicted molar refractivity (Wildman–Crippen MR) is 265 cm³/mol. The molecule has 0 N–H and O–H groups in total. The van der Waals surface area contributed by atoms with Crippen LogP contribution in [0.5, 0.6) is 0 Å². The van der Waals surface area contributed by atoms with E-state index in [-0.39, 0.29) is 17.4 Å². The van der Waals surface area contributed by atoms with Crippen LogP contribution in [0.2, 0.25) is 0 Å². The fourth-order valence-electron chi connectivity index (χ4n) is 11.8. The minimum Gasteiger partial charge on any atom is -0.456 e. The highest BCUT2D eigenvalue weighted by Gasteiger charge is 2.43. The van der Waals surface area contributed by atoms with Gasteiger partial charge in [-0.25, -0.2) is 0 Å². The summed E-state index contributed by atoms with van der Waals surface area (Å²) in [7, 11) is 0. The summed E-state index contributed by atoms with van der Waals surface area (Å²) < 4.78 is 6.38. The molecule has 63 heavy (non-hydrogen) atoms. The average molecular weight is 814 g/mol. The molecule has 3 unspecified atom stereocenters. The molecule has 12 rings (SSSR count). The molecule has 1 aromatic heterocycles. The molecule has 3 aliphatic rings. The molecule has 0 saturated heterocycles. The maximum absolute atomic E-state index is 6.38. The maximum atomic E-state index is 6.38. The van der Waals surface area contributed by atoms with Gasteiger partial charge in [0.25, 0.3) is 0 Å². The normalized spacial score (nSPS) is 19.6. The lowest BCUT2D eigenvalue weighted by Crippen LogP contribution is -2.36. The second-order valence-corrected chi connectivity index (χ2v) is 18.3. The van der Waals surface area contributed by atoms with Crippen LogP contribution in [-0.2, 0) is 5.41 Å². The highest BCUT2D eigenvalue weighted by molar-refractivity contribution is 6.11. The van der Waals surface area contributed by atoms with Crippen LogP contribution in [0.1, 0.15) is 79.7 Å². The number of anilines is 2. The third kappa shape index (κ3) is 5.99. The molecule has 2 nitrogen and oxygen atoms in total. The summed E-state index contributed by atoms with van der Waals surface area (Å²) in [6, 6.07) is 65.5. The zero-order valence-corrected chi connectivity index (χ0v) is 36.1. The molecular formula is C61H51NO. The van der Waals surface area contributed by atoms with Crippen molar-refractivity contribution in [3.63, 3.8) is 0 Å². The Morgan fingerprint density at radius 3 is 2.05 bits per heavy atom. The Balaban J connectivity index is 1.08. The molecule has 3 aliphatic carbocycles. The lowest BCUT2D eigenvalue weighted by atomic mass is 9.74. The quantitative estimate of drug-likeness (QED) is 0.159. The Labute approximate surface area is 370 Å². The van der Waals surface area contributed by atoms with Crippen LogP contribution in [0, 0.1) is 5.92 Å². The Kier molecular flexibility index (Phi) is 9.11. The Hall–Kier alpha value is -6.90. The molecule has 1 saturated carbocycles. The number of furan rings is 1.